The van der Waals surface area contributed by atoms with Gasteiger partial charge in [-0.3, -0.25) is 4.79 Å². The van der Waals surface area contributed by atoms with Crippen molar-refractivity contribution in [3.63, 3.8) is 0 Å². The van der Waals surface area contributed by atoms with Crippen molar-refractivity contribution in [2.45, 2.75) is 30.7 Å². The number of carbonyl (C=O) groups excluding carboxylic acids is 1. The molecule has 3 aromatic rings. The summed E-state index contributed by atoms with van der Waals surface area (Å²) in [5.41, 5.74) is 4.26. The number of fused-ring (bicyclic) bond motifs is 1. The molecule has 0 bridgehead atoms. The van der Waals surface area contributed by atoms with Gasteiger partial charge in [-0.25, -0.2) is 4.98 Å². The summed E-state index contributed by atoms with van der Waals surface area (Å²) in [6.07, 6.45) is 4.75. The smallest absolute Gasteiger partial charge is 0.222 e. The van der Waals surface area contributed by atoms with E-state index in [1.54, 1.807) is 18.9 Å². The standard InChI is InChI=1S/C25H29N3O2S/c1-30-21-9-6-18(7-10-21)25-20(15-19-8-11-22(31-2)16-23(19)27-25)17-26-12-4-14-28-13-3-5-24(28)29/h6-11,15-16,26H,3-5,12-14,17H2,1-2H3. The largest absolute Gasteiger partial charge is 0.497 e. The van der Waals surface area contributed by atoms with Crippen molar-refractivity contribution < 1.29 is 9.53 Å². The Hall–Kier alpha value is -2.57. The second-order valence-electron chi connectivity index (χ2n) is 7.80. The summed E-state index contributed by atoms with van der Waals surface area (Å²) in [5.74, 6) is 1.13. The van der Waals surface area contributed by atoms with Crippen LogP contribution in [0.2, 0.25) is 0 Å². The van der Waals surface area contributed by atoms with Crippen molar-refractivity contribution in [1.82, 2.24) is 15.2 Å². The Morgan fingerprint density at radius 2 is 2.00 bits per heavy atom. The van der Waals surface area contributed by atoms with Gasteiger partial charge in [-0.15, -0.1) is 11.8 Å². The van der Waals surface area contributed by atoms with E-state index in [1.165, 1.54) is 10.5 Å². The van der Waals surface area contributed by atoms with Gasteiger partial charge in [-0.05, 0) is 73.7 Å². The van der Waals surface area contributed by atoms with Gasteiger partial charge in [0.15, 0.2) is 0 Å². The first-order valence-electron chi connectivity index (χ1n) is 10.8. The Morgan fingerprint density at radius 1 is 1.16 bits per heavy atom. The highest BCUT2D eigenvalue weighted by molar-refractivity contribution is 7.98. The van der Waals surface area contributed by atoms with Crippen LogP contribution in [0.4, 0.5) is 0 Å². The molecule has 0 unspecified atom stereocenters. The van der Waals surface area contributed by atoms with Crippen LogP contribution in [0.15, 0.2) is 53.4 Å². The number of rotatable bonds is 9. The lowest BCUT2D eigenvalue weighted by Gasteiger charge is -2.16. The highest BCUT2D eigenvalue weighted by atomic mass is 32.2. The van der Waals surface area contributed by atoms with Crippen molar-refractivity contribution in [1.29, 1.82) is 0 Å². The summed E-state index contributed by atoms with van der Waals surface area (Å²) >= 11 is 1.73. The molecule has 1 saturated heterocycles. The molecule has 0 spiro atoms. The van der Waals surface area contributed by atoms with E-state index in [-0.39, 0.29) is 0 Å². The van der Waals surface area contributed by atoms with Crippen LogP contribution in [0.5, 0.6) is 5.75 Å². The number of thioether (sulfide) groups is 1. The molecule has 1 aromatic heterocycles. The van der Waals surface area contributed by atoms with Crippen molar-refractivity contribution >= 4 is 28.6 Å². The van der Waals surface area contributed by atoms with Crippen LogP contribution in [0.1, 0.15) is 24.8 Å². The lowest BCUT2D eigenvalue weighted by atomic mass is 10.0. The summed E-state index contributed by atoms with van der Waals surface area (Å²) in [5, 5.41) is 4.70. The van der Waals surface area contributed by atoms with Crippen LogP contribution in [-0.4, -0.2) is 48.8 Å². The van der Waals surface area contributed by atoms with Crippen LogP contribution in [0, 0.1) is 0 Å². The molecule has 0 radical (unpaired) electrons. The van der Waals surface area contributed by atoms with Crippen molar-refractivity contribution in [2.75, 3.05) is 33.0 Å². The fraction of sp³-hybridized carbons (Fsp3) is 0.360. The van der Waals surface area contributed by atoms with E-state index in [0.717, 1.165) is 66.9 Å². The molecule has 31 heavy (non-hydrogen) atoms. The molecule has 162 valence electrons. The van der Waals surface area contributed by atoms with E-state index < -0.39 is 0 Å². The minimum Gasteiger partial charge on any atom is -0.497 e. The molecule has 6 heteroatoms. The van der Waals surface area contributed by atoms with Gasteiger partial charge < -0.3 is 15.0 Å². The maximum Gasteiger partial charge on any atom is 0.222 e. The first-order chi connectivity index (χ1) is 15.2. The third-order valence-corrected chi connectivity index (χ3v) is 6.46. The normalized spacial score (nSPS) is 13.9. The fourth-order valence-electron chi connectivity index (χ4n) is 4.01. The first kappa shape index (κ1) is 21.7. The van der Waals surface area contributed by atoms with Gasteiger partial charge in [-0.1, -0.05) is 6.07 Å². The number of hydrogen-bond acceptors (Lipinski definition) is 5. The second-order valence-corrected chi connectivity index (χ2v) is 8.68. The highest BCUT2D eigenvalue weighted by Gasteiger charge is 2.19. The zero-order chi connectivity index (χ0) is 21.6. The van der Waals surface area contributed by atoms with E-state index >= 15 is 0 Å². The number of benzene rings is 2. The summed E-state index contributed by atoms with van der Waals surface area (Å²) in [6.45, 7) is 3.36. The number of hydrogen-bond donors (Lipinski definition) is 1. The molecule has 1 aliphatic heterocycles. The second kappa shape index (κ2) is 10.2. The summed E-state index contributed by atoms with van der Waals surface area (Å²) in [7, 11) is 1.68. The monoisotopic (exact) mass is 435 g/mol. The van der Waals surface area contributed by atoms with Crippen molar-refractivity contribution in [2.24, 2.45) is 0 Å². The van der Waals surface area contributed by atoms with Gasteiger partial charge in [-0.2, -0.15) is 0 Å². The predicted octanol–water partition coefficient (Wildman–Crippen LogP) is 4.73. The quantitative estimate of drug-likeness (QED) is 0.389. The van der Waals surface area contributed by atoms with Crippen LogP contribution >= 0.6 is 11.8 Å². The van der Waals surface area contributed by atoms with E-state index in [9.17, 15) is 4.79 Å². The zero-order valence-electron chi connectivity index (χ0n) is 18.2. The molecule has 0 saturated carbocycles. The Labute approximate surface area is 188 Å². The summed E-state index contributed by atoms with van der Waals surface area (Å²) < 4.78 is 5.31. The van der Waals surface area contributed by atoms with Crippen LogP contribution in [-0.2, 0) is 11.3 Å². The minimum atomic E-state index is 0.296. The number of pyridine rings is 1. The molecular weight excluding hydrogens is 406 g/mol. The van der Waals surface area contributed by atoms with Crippen LogP contribution in [0.3, 0.4) is 0 Å². The van der Waals surface area contributed by atoms with Crippen LogP contribution in [0.25, 0.3) is 22.2 Å². The average Bonchev–Trinajstić information content (AvgIpc) is 3.22. The maximum absolute atomic E-state index is 11.8. The van der Waals surface area contributed by atoms with Crippen molar-refractivity contribution in [3.8, 4) is 17.0 Å². The Bertz CT molecular complexity index is 1050. The van der Waals surface area contributed by atoms with E-state index in [0.29, 0.717) is 12.3 Å². The number of amides is 1. The number of likely N-dealkylation sites (tertiary alicyclic amines) is 1. The lowest BCUT2D eigenvalue weighted by Crippen LogP contribution is -2.28. The fourth-order valence-corrected chi connectivity index (χ4v) is 4.44. The molecule has 2 aromatic carbocycles. The average molecular weight is 436 g/mol. The first-order valence-corrected chi connectivity index (χ1v) is 12.0. The minimum absolute atomic E-state index is 0.296. The number of methoxy groups -OCH3 is 1. The lowest BCUT2D eigenvalue weighted by molar-refractivity contribution is -0.127. The maximum atomic E-state index is 11.8. The molecule has 0 atom stereocenters. The number of nitrogens with one attached hydrogen (secondary N) is 1. The summed E-state index contributed by atoms with van der Waals surface area (Å²) in [6, 6.07) is 16.8. The molecule has 1 N–H and O–H groups in total. The van der Waals surface area contributed by atoms with Crippen LogP contribution < -0.4 is 10.1 Å². The Kier molecular flexibility index (Phi) is 7.10. The number of nitrogens with zero attached hydrogens (tertiary/aromatic N) is 2. The number of aromatic nitrogens is 1. The van der Waals surface area contributed by atoms with Gasteiger partial charge in [0.25, 0.3) is 0 Å². The zero-order valence-corrected chi connectivity index (χ0v) is 19.0. The SMILES string of the molecule is COc1ccc(-c2nc3cc(SC)ccc3cc2CNCCCN2CCCC2=O)cc1. The molecule has 4 rings (SSSR count). The van der Waals surface area contributed by atoms with E-state index in [4.69, 9.17) is 9.72 Å². The van der Waals surface area contributed by atoms with E-state index in [1.807, 2.05) is 17.0 Å². The molecule has 1 amide bonds. The Morgan fingerprint density at radius 3 is 2.71 bits per heavy atom. The van der Waals surface area contributed by atoms with Gasteiger partial charge in [0.05, 0.1) is 18.3 Å². The molecule has 2 heterocycles. The molecular formula is C25H29N3O2S. The van der Waals surface area contributed by atoms with Crippen molar-refractivity contribution in [3.05, 3.63) is 54.1 Å². The Balaban J connectivity index is 1.52. The third-order valence-electron chi connectivity index (χ3n) is 5.74. The number of carbonyl (C=O) groups is 1. The predicted molar refractivity (Wildman–Crippen MR) is 128 cm³/mol. The molecule has 1 aliphatic rings. The topological polar surface area (TPSA) is 54.5 Å². The van der Waals surface area contributed by atoms with Gasteiger partial charge in [0.2, 0.25) is 5.91 Å². The molecule has 1 fully saturated rings. The van der Waals surface area contributed by atoms with Gasteiger partial charge >= 0.3 is 0 Å². The van der Waals surface area contributed by atoms with Gasteiger partial charge in [0.1, 0.15) is 5.75 Å². The van der Waals surface area contributed by atoms with Gasteiger partial charge in [0, 0.05) is 41.9 Å². The molecule has 5 nitrogen and oxygen atoms in total. The number of ether oxygens (including phenoxy) is 1. The molecule has 0 aliphatic carbocycles. The van der Waals surface area contributed by atoms with E-state index in [2.05, 4.69) is 48.0 Å². The highest BCUT2D eigenvalue weighted by Crippen LogP contribution is 2.29. The third kappa shape index (κ3) is 5.20. The summed E-state index contributed by atoms with van der Waals surface area (Å²) in [4.78, 5) is 20.0.